The van der Waals surface area contributed by atoms with Crippen LogP contribution in [0.25, 0.3) is 10.9 Å². The Labute approximate surface area is 135 Å². The lowest BCUT2D eigenvalue weighted by molar-refractivity contribution is 0.247. The fourth-order valence-corrected chi connectivity index (χ4v) is 3.11. The molecule has 0 atom stereocenters. The van der Waals surface area contributed by atoms with Crippen molar-refractivity contribution in [1.29, 1.82) is 0 Å². The van der Waals surface area contributed by atoms with Crippen molar-refractivity contribution in [3.63, 3.8) is 0 Å². The topological polar surface area (TPSA) is 50.1 Å². The third-order valence-electron chi connectivity index (χ3n) is 4.37. The molecule has 6 nitrogen and oxygen atoms in total. The molecule has 1 fully saturated rings. The normalized spacial score (nSPS) is 16.1. The summed E-state index contributed by atoms with van der Waals surface area (Å²) in [6, 6.07) is 6.42. The Kier molecular flexibility index (Phi) is 3.67. The molecule has 0 bridgehead atoms. The molecule has 23 heavy (non-hydrogen) atoms. The van der Waals surface area contributed by atoms with Crippen LogP contribution in [0, 0.1) is 0 Å². The summed E-state index contributed by atoms with van der Waals surface area (Å²) in [4.78, 5) is 17.7. The van der Waals surface area contributed by atoms with Gasteiger partial charge in [-0.15, -0.1) is 0 Å². The minimum absolute atomic E-state index is 0.931. The lowest BCUT2D eigenvalue weighted by Crippen LogP contribution is -2.46. The summed E-state index contributed by atoms with van der Waals surface area (Å²) in [7, 11) is 2.01. The summed E-state index contributed by atoms with van der Waals surface area (Å²) in [6.45, 7) is 5.11. The molecule has 1 aliphatic heterocycles. The number of benzene rings is 1. The van der Waals surface area contributed by atoms with Gasteiger partial charge in [0.05, 0.1) is 17.5 Å². The molecule has 4 rings (SSSR count). The molecule has 0 radical (unpaired) electrons. The molecule has 0 saturated carbocycles. The van der Waals surface area contributed by atoms with E-state index >= 15 is 0 Å². The Bertz CT molecular complexity index is 803. The Hall–Kier alpha value is -2.47. The lowest BCUT2D eigenvalue weighted by Gasteiger charge is -2.35. The molecule has 0 unspecified atom stereocenters. The van der Waals surface area contributed by atoms with E-state index in [1.54, 1.807) is 6.33 Å². The third-order valence-corrected chi connectivity index (χ3v) is 4.37. The highest BCUT2D eigenvalue weighted by Crippen LogP contribution is 2.21. The van der Waals surface area contributed by atoms with Crippen LogP contribution in [0.3, 0.4) is 0 Å². The average molecular weight is 308 g/mol. The molecule has 6 heteroatoms. The molecule has 1 saturated heterocycles. The molecule has 0 amide bonds. The molecule has 0 N–H and O–H groups in total. The maximum atomic E-state index is 4.42. The van der Waals surface area contributed by atoms with Crippen LogP contribution in [-0.2, 0) is 13.6 Å². The second kappa shape index (κ2) is 5.96. The summed E-state index contributed by atoms with van der Waals surface area (Å²) in [5, 5.41) is 1.10. The zero-order valence-corrected chi connectivity index (χ0v) is 13.3. The first-order valence-corrected chi connectivity index (χ1v) is 7.92. The SMILES string of the molecule is Cn1cnc(CN2CCN(c3ccc4ncncc4c3)CC2)c1. The number of fused-ring (bicyclic) bond motifs is 1. The monoisotopic (exact) mass is 308 g/mol. The highest BCUT2D eigenvalue weighted by molar-refractivity contribution is 5.81. The van der Waals surface area contributed by atoms with E-state index in [0.717, 1.165) is 49.3 Å². The molecule has 3 heterocycles. The minimum Gasteiger partial charge on any atom is -0.369 e. The predicted molar refractivity (Wildman–Crippen MR) is 90.2 cm³/mol. The number of anilines is 1. The molecular formula is C17H20N6. The fraction of sp³-hybridized carbons (Fsp3) is 0.353. The number of aryl methyl sites for hydroxylation is 1. The van der Waals surface area contributed by atoms with Gasteiger partial charge in [0.2, 0.25) is 0 Å². The van der Waals surface area contributed by atoms with E-state index in [9.17, 15) is 0 Å². The maximum Gasteiger partial charge on any atom is 0.116 e. The van der Waals surface area contributed by atoms with Crippen molar-refractivity contribution in [2.24, 2.45) is 7.05 Å². The first-order chi connectivity index (χ1) is 11.3. The molecule has 1 aliphatic rings. The van der Waals surface area contributed by atoms with E-state index in [4.69, 9.17) is 0 Å². The molecule has 118 valence electrons. The van der Waals surface area contributed by atoms with Crippen molar-refractivity contribution >= 4 is 16.6 Å². The fourth-order valence-electron chi connectivity index (χ4n) is 3.11. The molecule has 1 aromatic carbocycles. The van der Waals surface area contributed by atoms with E-state index in [2.05, 4.69) is 49.1 Å². The van der Waals surface area contributed by atoms with Gasteiger partial charge >= 0.3 is 0 Å². The van der Waals surface area contributed by atoms with E-state index in [-0.39, 0.29) is 0 Å². The number of rotatable bonds is 3. The zero-order chi connectivity index (χ0) is 15.6. The first-order valence-electron chi connectivity index (χ1n) is 7.92. The van der Waals surface area contributed by atoms with Gasteiger partial charge < -0.3 is 9.47 Å². The van der Waals surface area contributed by atoms with Crippen LogP contribution in [0.5, 0.6) is 0 Å². The molecule has 2 aromatic heterocycles. The number of nitrogens with zero attached hydrogens (tertiary/aromatic N) is 6. The van der Waals surface area contributed by atoms with Crippen LogP contribution >= 0.6 is 0 Å². The van der Waals surface area contributed by atoms with Crippen LogP contribution in [0.4, 0.5) is 5.69 Å². The van der Waals surface area contributed by atoms with E-state index in [1.807, 2.05) is 24.1 Å². The number of piperazine rings is 1. The van der Waals surface area contributed by atoms with Gasteiger partial charge in [-0.25, -0.2) is 15.0 Å². The highest BCUT2D eigenvalue weighted by atomic mass is 15.3. The summed E-state index contributed by atoms with van der Waals surface area (Å²) < 4.78 is 2.00. The molecule has 0 aliphatic carbocycles. The summed E-state index contributed by atoms with van der Waals surface area (Å²) in [5.74, 6) is 0. The number of hydrogen-bond donors (Lipinski definition) is 0. The largest absolute Gasteiger partial charge is 0.369 e. The Morgan fingerprint density at radius 2 is 1.96 bits per heavy atom. The van der Waals surface area contributed by atoms with Gasteiger partial charge in [-0.2, -0.15) is 0 Å². The van der Waals surface area contributed by atoms with Gasteiger partial charge in [-0.1, -0.05) is 0 Å². The smallest absolute Gasteiger partial charge is 0.116 e. The summed E-state index contributed by atoms with van der Waals surface area (Å²) in [5.41, 5.74) is 3.39. The Morgan fingerprint density at radius 1 is 1.09 bits per heavy atom. The standard InChI is InChI=1S/C17H20N6/c1-21-10-15(20-13-21)11-22-4-6-23(7-5-22)16-2-3-17-14(8-16)9-18-12-19-17/h2-3,8-10,12-13H,4-7,11H2,1H3. The average Bonchev–Trinajstić information content (AvgIpc) is 3.00. The second-order valence-electron chi connectivity index (χ2n) is 6.06. The molecular weight excluding hydrogens is 288 g/mol. The van der Waals surface area contributed by atoms with Crippen LogP contribution in [0.15, 0.2) is 43.2 Å². The highest BCUT2D eigenvalue weighted by Gasteiger charge is 2.18. The zero-order valence-electron chi connectivity index (χ0n) is 13.3. The van der Waals surface area contributed by atoms with Crippen LogP contribution in [0.2, 0.25) is 0 Å². The summed E-state index contributed by atoms with van der Waals surface area (Å²) >= 11 is 0. The van der Waals surface area contributed by atoms with Crippen molar-refractivity contribution < 1.29 is 0 Å². The van der Waals surface area contributed by atoms with Crippen LogP contribution in [0.1, 0.15) is 5.69 Å². The first kappa shape index (κ1) is 14.1. The van der Waals surface area contributed by atoms with E-state index in [0.29, 0.717) is 0 Å². The van der Waals surface area contributed by atoms with Crippen LogP contribution in [-0.4, -0.2) is 50.6 Å². The van der Waals surface area contributed by atoms with Crippen molar-refractivity contribution in [3.8, 4) is 0 Å². The van der Waals surface area contributed by atoms with Gasteiger partial charge in [-0.05, 0) is 18.2 Å². The van der Waals surface area contributed by atoms with Gasteiger partial charge in [0.25, 0.3) is 0 Å². The summed E-state index contributed by atoms with van der Waals surface area (Å²) in [6.07, 6.45) is 7.43. The second-order valence-corrected chi connectivity index (χ2v) is 6.06. The van der Waals surface area contributed by atoms with E-state index in [1.165, 1.54) is 5.69 Å². The maximum absolute atomic E-state index is 4.42. The third kappa shape index (κ3) is 3.03. The van der Waals surface area contributed by atoms with Gasteiger partial charge in [0.15, 0.2) is 0 Å². The number of aromatic nitrogens is 4. The van der Waals surface area contributed by atoms with Crippen molar-refractivity contribution in [2.75, 3.05) is 31.1 Å². The van der Waals surface area contributed by atoms with Gasteiger partial charge in [-0.3, -0.25) is 4.90 Å². The lowest BCUT2D eigenvalue weighted by atomic mass is 10.2. The Morgan fingerprint density at radius 3 is 2.74 bits per heavy atom. The Balaban J connectivity index is 1.42. The predicted octanol–water partition coefficient (Wildman–Crippen LogP) is 1.69. The van der Waals surface area contributed by atoms with Crippen molar-refractivity contribution in [3.05, 3.63) is 48.9 Å². The number of hydrogen-bond acceptors (Lipinski definition) is 5. The number of imidazole rings is 1. The van der Waals surface area contributed by atoms with Crippen molar-refractivity contribution in [1.82, 2.24) is 24.4 Å². The van der Waals surface area contributed by atoms with Crippen molar-refractivity contribution in [2.45, 2.75) is 6.54 Å². The quantitative estimate of drug-likeness (QED) is 0.737. The van der Waals surface area contributed by atoms with E-state index < -0.39 is 0 Å². The molecule has 3 aromatic rings. The van der Waals surface area contributed by atoms with Crippen LogP contribution < -0.4 is 4.90 Å². The van der Waals surface area contributed by atoms with Gasteiger partial charge in [0, 0.05) is 63.2 Å². The minimum atomic E-state index is 0.931. The molecule has 0 spiro atoms. The van der Waals surface area contributed by atoms with Gasteiger partial charge in [0.1, 0.15) is 6.33 Å².